The smallest absolute Gasteiger partial charge is 0.418 e. The second-order valence-electron chi connectivity index (χ2n) is 10.2. The van der Waals surface area contributed by atoms with Crippen LogP contribution in [0.1, 0.15) is 35.1 Å². The van der Waals surface area contributed by atoms with Crippen molar-refractivity contribution in [3.63, 3.8) is 0 Å². The lowest BCUT2D eigenvalue weighted by atomic mass is 9.93. The molecule has 1 fully saturated rings. The maximum Gasteiger partial charge on any atom is 0.418 e. The van der Waals surface area contributed by atoms with E-state index in [-0.39, 0.29) is 31.2 Å². The average Bonchev–Trinajstić information content (AvgIpc) is 3.52. The third kappa shape index (κ3) is 4.33. The molecule has 39 heavy (non-hydrogen) atoms. The summed E-state index contributed by atoms with van der Waals surface area (Å²) in [5.74, 6) is -1.72. The summed E-state index contributed by atoms with van der Waals surface area (Å²) in [6, 6.07) is 10.0. The largest absolute Gasteiger partial charge is 0.427 e. The molecule has 3 heterocycles. The molecule has 10 nitrogen and oxygen atoms in total. The molecule has 200 valence electrons. The van der Waals surface area contributed by atoms with Gasteiger partial charge in [-0.15, -0.1) is 0 Å². The van der Waals surface area contributed by atoms with E-state index in [1.165, 1.54) is 16.8 Å². The standard InChI is InChI=1S/C28H26FN5O5/c29-22-5-3-20-13-32(9-1-2-17(20)11-22)25(36)16-34-26(37)28(39-27(34)38)8-7-19-10-18(4-6-23(19)28)21-12-31-33(14-21)15-24(30)35/h3-6,10-12,14H,1-2,7-9,13,15-16H2,(H2,30,35). The van der Waals surface area contributed by atoms with Crippen LogP contribution >= 0.6 is 0 Å². The van der Waals surface area contributed by atoms with Crippen LogP contribution in [0.15, 0.2) is 48.8 Å². The molecule has 0 bridgehead atoms. The van der Waals surface area contributed by atoms with E-state index >= 15 is 0 Å². The van der Waals surface area contributed by atoms with Gasteiger partial charge in [0.15, 0.2) is 0 Å². The molecule has 3 aliphatic rings. The topological polar surface area (TPSA) is 128 Å². The Labute approximate surface area is 223 Å². The van der Waals surface area contributed by atoms with Crippen LogP contribution in [0.5, 0.6) is 0 Å². The maximum atomic E-state index is 13.6. The molecule has 1 atom stereocenters. The number of hydrogen-bond acceptors (Lipinski definition) is 6. The van der Waals surface area contributed by atoms with Gasteiger partial charge in [0.1, 0.15) is 18.9 Å². The predicted octanol–water partition coefficient (Wildman–Crippen LogP) is 2.27. The van der Waals surface area contributed by atoms with Crippen molar-refractivity contribution in [1.29, 1.82) is 0 Å². The number of carbonyl (C=O) groups is 4. The van der Waals surface area contributed by atoms with Crippen LogP contribution in [0.3, 0.4) is 0 Å². The number of aryl methyl sites for hydroxylation is 2. The molecule has 1 aliphatic carbocycles. The van der Waals surface area contributed by atoms with E-state index in [0.717, 1.165) is 32.7 Å². The number of imide groups is 1. The lowest BCUT2D eigenvalue weighted by Crippen LogP contribution is -2.44. The Morgan fingerprint density at radius 3 is 2.69 bits per heavy atom. The molecule has 0 radical (unpaired) electrons. The molecule has 1 unspecified atom stereocenters. The van der Waals surface area contributed by atoms with Gasteiger partial charge in [-0.1, -0.05) is 24.3 Å². The van der Waals surface area contributed by atoms with E-state index in [9.17, 15) is 23.6 Å². The second kappa shape index (κ2) is 9.33. The number of hydrogen-bond donors (Lipinski definition) is 1. The summed E-state index contributed by atoms with van der Waals surface area (Å²) < 4.78 is 20.8. The fourth-order valence-electron chi connectivity index (χ4n) is 5.77. The van der Waals surface area contributed by atoms with E-state index in [1.54, 1.807) is 29.4 Å². The van der Waals surface area contributed by atoms with Crippen LogP contribution in [0.2, 0.25) is 0 Å². The number of aromatic nitrogens is 2. The van der Waals surface area contributed by atoms with Gasteiger partial charge >= 0.3 is 6.09 Å². The normalized spacial score (nSPS) is 20.1. The second-order valence-corrected chi connectivity index (χ2v) is 10.2. The number of primary amides is 1. The Kier molecular flexibility index (Phi) is 5.93. The molecule has 4 amide bonds. The Hall–Kier alpha value is -4.54. The first kappa shape index (κ1) is 24.8. The van der Waals surface area contributed by atoms with Crippen molar-refractivity contribution >= 4 is 23.8 Å². The molecule has 1 aromatic heterocycles. The van der Waals surface area contributed by atoms with Crippen molar-refractivity contribution in [3.8, 4) is 11.1 Å². The van der Waals surface area contributed by atoms with Gasteiger partial charge in [-0.25, -0.2) is 14.1 Å². The number of nitrogens with zero attached hydrogens (tertiary/aromatic N) is 4. The number of benzene rings is 2. The Morgan fingerprint density at radius 2 is 1.87 bits per heavy atom. The van der Waals surface area contributed by atoms with Crippen LogP contribution in [0.4, 0.5) is 9.18 Å². The van der Waals surface area contributed by atoms with Gasteiger partial charge in [0.05, 0.1) is 6.20 Å². The number of rotatable bonds is 5. The van der Waals surface area contributed by atoms with Gasteiger partial charge in [-0.3, -0.25) is 19.1 Å². The SMILES string of the molecule is NC(=O)Cn1cc(-c2ccc3c(c2)CCC32OC(=O)N(CC(=O)N3CCCc4cc(F)ccc4C3)C2=O)cn1. The van der Waals surface area contributed by atoms with E-state index in [0.29, 0.717) is 31.4 Å². The third-order valence-electron chi connectivity index (χ3n) is 7.69. The summed E-state index contributed by atoms with van der Waals surface area (Å²) in [5, 5.41) is 4.15. The van der Waals surface area contributed by atoms with Crippen LogP contribution in [0, 0.1) is 5.82 Å². The van der Waals surface area contributed by atoms with Gasteiger partial charge in [-0.05, 0) is 53.6 Å². The van der Waals surface area contributed by atoms with E-state index in [4.69, 9.17) is 10.5 Å². The van der Waals surface area contributed by atoms with Crippen LogP contribution in [-0.2, 0) is 50.7 Å². The summed E-state index contributed by atoms with van der Waals surface area (Å²) in [4.78, 5) is 53.4. The van der Waals surface area contributed by atoms with E-state index in [2.05, 4.69) is 5.10 Å². The number of halogens is 1. The highest BCUT2D eigenvalue weighted by molar-refractivity contribution is 6.06. The summed E-state index contributed by atoms with van der Waals surface area (Å²) in [5.41, 5.74) is 8.59. The quantitative estimate of drug-likeness (QED) is 0.538. The number of amides is 4. The molecule has 2 N–H and O–H groups in total. The highest BCUT2D eigenvalue weighted by Crippen LogP contribution is 2.46. The summed E-state index contributed by atoms with van der Waals surface area (Å²) in [6.45, 7) is 0.287. The minimum absolute atomic E-state index is 0.0322. The average molecular weight is 532 g/mol. The number of fused-ring (bicyclic) bond motifs is 3. The summed E-state index contributed by atoms with van der Waals surface area (Å²) in [7, 11) is 0. The first-order chi connectivity index (χ1) is 18.7. The molecule has 6 rings (SSSR count). The molecular formula is C28H26FN5O5. The Morgan fingerprint density at radius 1 is 1.03 bits per heavy atom. The summed E-state index contributed by atoms with van der Waals surface area (Å²) >= 11 is 0. The van der Waals surface area contributed by atoms with Crippen LogP contribution in [-0.4, -0.2) is 56.5 Å². The van der Waals surface area contributed by atoms with Crippen molar-refractivity contribution in [2.45, 2.75) is 44.4 Å². The zero-order valence-corrected chi connectivity index (χ0v) is 21.1. The van der Waals surface area contributed by atoms with Crippen molar-refractivity contribution in [3.05, 3.63) is 76.9 Å². The van der Waals surface area contributed by atoms with Gasteiger partial charge < -0.3 is 15.4 Å². The van der Waals surface area contributed by atoms with Gasteiger partial charge in [0.25, 0.3) is 5.91 Å². The minimum Gasteiger partial charge on any atom is -0.427 e. The lowest BCUT2D eigenvalue weighted by molar-refractivity contribution is -0.142. The molecule has 1 spiro atoms. The highest BCUT2D eigenvalue weighted by Gasteiger charge is 2.58. The van der Waals surface area contributed by atoms with Gasteiger partial charge in [0, 0.05) is 36.8 Å². The molecule has 3 aromatic rings. The van der Waals surface area contributed by atoms with Crippen molar-refractivity contribution < 1.29 is 28.3 Å². The van der Waals surface area contributed by atoms with Gasteiger partial charge in [-0.2, -0.15) is 5.10 Å². The molecular weight excluding hydrogens is 505 g/mol. The molecule has 2 aliphatic heterocycles. The van der Waals surface area contributed by atoms with Crippen LogP contribution < -0.4 is 5.73 Å². The van der Waals surface area contributed by atoms with Crippen molar-refractivity contribution in [2.24, 2.45) is 5.73 Å². The van der Waals surface area contributed by atoms with E-state index < -0.39 is 30.1 Å². The molecule has 1 saturated heterocycles. The molecule has 2 aromatic carbocycles. The Balaban J connectivity index is 1.19. The number of nitrogens with two attached hydrogens (primary N) is 1. The predicted molar refractivity (Wildman–Crippen MR) is 135 cm³/mol. The maximum absolute atomic E-state index is 13.6. The fourth-order valence-corrected chi connectivity index (χ4v) is 5.77. The summed E-state index contributed by atoms with van der Waals surface area (Å²) in [6.07, 6.45) is 4.60. The van der Waals surface area contributed by atoms with Crippen LogP contribution in [0.25, 0.3) is 11.1 Å². The molecule has 0 saturated carbocycles. The number of ether oxygens (including phenoxy) is 1. The zero-order valence-electron chi connectivity index (χ0n) is 21.1. The Bertz CT molecular complexity index is 1530. The third-order valence-corrected chi connectivity index (χ3v) is 7.69. The van der Waals surface area contributed by atoms with E-state index in [1.807, 2.05) is 12.1 Å². The first-order valence-electron chi connectivity index (χ1n) is 12.8. The van der Waals surface area contributed by atoms with Crippen molar-refractivity contribution in [1.82, 2.24) is 19.6 Å². The number of carbonyl (C=O) groups excluding carboxylic acids is 4. The minimum atomic E-state index is -1.45. The highest BCUT2D eigenvalue weighted by atomic mass is 19.1. The fraction of sp³-hybridized carbons (Fsp3) is 0.321. The van der Waals surface area contributed by atoms with Gasteiger partial charge in [0.2, 0.25) is 17.4 Å². The zero-order chi connectivity index (χ0) is 27.3. The van der Waals surface area contributed by atoms with Crippen molar-refractivity contribution in [2.75, 3.05) is 13.1 Å². The first-order valence-corrected chi connectivity index (χ1v) is 12.8. The lowest BCUT2D eigenvalue weighted by Gasteiger charge is -2.23. The molecule has 11 heteroatoms. The monoisotopic (exact) mass is 531 g/mol.